The highest BCUT2D eigenvalue weighted by Gasteiger charge is 2.39. The number of carbonyl (C=O) groups is 3. The molecule has 186 valence electrons. The number of nitrogens with one attached hydrogen (secondary N) is 3. The second-order valence-electron chi connectivity index (χ2n) is 9.42. The third-order valence-electron chi connectivity index (χ3n) is 4.97. The van der Waals surface area contributed by atoms with E-state index in [0.29, 0.717) is 11.3 Å². The Bertz CT molecular complexity index is 940. The number of hydroxylamine groups is 1. The summed E-state index contributed by atoms with van der Waals surface area (Å²) in [6.45, 7) is 9.27. The topological polar surface area (TPSA) is 142 Å². The van der Waals surface area contributed by atoms with Crippen LogP contribution in [-0.4, -0.2) is 55.9 Å². The highest BCUT2D eigenvalue weighted by molar-refractivity contribution is 8.00. The van der Waals surface area contributed by atoms with Crippen molar-refractivity contribution in [1.82, 2.24) is 16.1 Å². The van der Waals surface area contributed by atoms with Crippen molar-refractivity contribution in [2.45, 2.75) is 62.1 Å². The molecule has 33 heavy (non-hydrogen) atoms. The minimum atomic E-state index is -3.38. The molecule has 0 unspecified atom stereocenters. The van der Waals surface area contributed by atoms with E-state index < -0.39 is 44.3 Å². The largest absolute Gasteiger partial charge is 0.357 e. The third kappa shape index (κ3) is 8.63. The molecule has 11 heteroatoms. The van der Waals surface area contributed by atoms with Gasteiger partial charge in [-0.1, -0.05) is 34.6 Å². The van der Waals surface area contributed by atoms with Gasteiger partial charge in [-0.25, -0.2) is 13.9 Å². The summed E-state index contributed by atoms with van der Waals surface area (Å²) in [5.41, 5.74) is 1.05. The SMILES string of the molecule is CNC(=O)[C@@H](NC(=O)[C@H](CC(C)C)[C@H](Sc1ccc(S(C)(=O)=O)cc1)C(=O)NO)C(C)(C)C. The maximum Gasteiger partial charge on any atom is 0.257 e. The monoisotopic (exact) mass is 501 g/mol. The van der Waals surface area contributed by atoms with Crippen molar-refractivity contribution >= 4 is 39.3 Å². The van der Waals surface area contributed by atoms with E-state index in [0.717, 1.165) is 18.0 Å². The van der Waals surface area contributed by atoms with E-state index in [9.17, 15) is 28.0 Å². The summed E-state index contributed by atoms with van der Waals surface area (Å²) in [5.74, 6) is -2.44. The van der Waals surface area contributed by atoms with E-state index >= 15 is 0 Å². The van der Waals surface area contributed by atoms with Gasteiger partial charge in [0, 0.05) is 18.2 Å². The van der Waals surface area contributed by atoms with Crippen LogP contribution in [0, 0.1) is 17.3 Å². The van der Waals surface area contributed by atoms with Gasteiger partial charge in [-0.2, -0.15) is 0 Å². The second-order valence-corrected chi connectivity index (χ2v) is 12.6. The molecule has 0 spiro atoms. The molecule has 4 N–H and O–H groups in total. The number of thioether (sulfide) groups is 1. The number of rotatable bonds is 10. The molecule has 0 heterocycles. The standard InChI is InChI=1S/C22H35N3O6S2/c1-13(2)12-16(19(26)24-18(21(28)23-6)22(3,4)5)17(20(27)25-29)32-14-8-10-15(11-9-14)33(7,30)31/h8-11,13,16-18,29H,12H2,1-7H3,(H,23,28)(H,24,26)(H,25,27)/t16-,17+,18-/m1/s1. The molecule has 9 nitrogen and oxygen atoms in total. The van der Waals surface area contributed by atoms with Gasteiger partial charge in [-0.15, -0.1) is 11.8 Å². The van der Waals surface area contributed by atoms with E-state index in [1.54, 1.807) is 17.6 Å². The zero-order chi connectivity index (χ0) is 25.6. The van der Waals surface area contributed by atoms with Gasteiger partial charge in [0.15, 0.2) is 9.84 Å². The first-order valence-corrected chi connectivity index (χ1v) is 13.3. The molecular formula is C22H35N3O6S2. The molecule has 1 rings (SSSR count). The third-order valence-corrected chi connectivity index (χ3v) is 7.44. The molecule has 0 aromatic heterocycles. The van der Waals surface area contributed by atoms with Crippen LogP contribution in [0.2, 0.25) is 0 Å². The lowest BCUT2D eigenvalue weighted by Gasteiger charge is -2.33. The predicted molar refractivity (Wildman–Crippen MR) is 128 cm³/mol. The molecular weight excluding hydrogens is 466 g/mol. The highest BCUT2D eigenvalue weighted by Crippen LogP contribution is 2.33. The Labute approximate surface area is 200 Å². The lowest BCUT2D eigenvalue weighted by molar-refractivity contribution is -0.137. The van der Waals surface area contributed by atoms with Crippen molar-refractivity contribution in [2.75, 3.05) is 13.3 Å². The van der Waals surface area contributed by atoms with Crippen LogP contribution < -0.4 is 16.1 Å². The molecule has 0 radical (unpaired) electrons. The Balaban J connectivity index is 3.32. The number of likely N-dealkylation sites (N-methyl/N-ethyl adjacent to an activating group) is 1. The van der Waals surface area contributed by atoms with Crippen LogP contribution >= 0.6 is 11.8 Å². The van der Waals surface area contributed by atoms with Crippen LogP contribution in [-0.2, 0) is 24.2 Å². The predicted octanol–water partition coefficient (Wildman–Crippen LogP) is 2.00. The average Bonchev–Trinajstić information content (AvgIpc) is 2.71. The van der Waals surface area contributed by atoms with Crippen molar-refractivity contribution < 1.29 is 28.0 Å². The Morgan fingerprint density at radius 2 is 1.58 bits per heavy atom. The minimum Gasteiger partial charge on any atom is -0.357 e. The molecule has 3 atom stereocenters. The molecule has 0 fully saturated rings. The number of benzene rings is 1. The molecule has 0 saturated carbocycles. The number of sulfone groups is 1. The number of amides is 3. The van der Waals surface area contributed by atoms with Gasteiger partial charge in [0.05, 0.1) is 10.8 Å². The van der Waals surface area contributed by atoms with Gasteiger partial charge in [0.2, 0.25) is 11.8 Å². The zero-order valence-electron chi connectivity index (χ0n) is 20.1. The summed E-state index contributed by atoms with van der Waals surface area (Å²) in [6, 6.07) is 5.10. The van der Waals surface area contributed by atoms with Crippen LogP contribution in [0.5, 0.6) is 0 Å². The van der Waals surface area contributed by atoms with Gasteiger partial charge in [0.1, 0.15) is 11.3 Å². The van der Waals surface area contributed by atoms with E-state index in [4.69, 9.17) is 0 Å². The Morgan fingerprint density at radius 1 is 1.03 bits per heavy atom. The number of hydrogen-bond acceptors (Lipinski definition) is 7. The van der Waals surface area contributed by atoms with Gasteiger partial charge in [-0.3, -0.25) is 19.6 Å². The summed E-state index contributed by atoms with van der Waals surface area (Å²) < 4.78 is 23.4. The Kier molecular flexibility index (Phi) is 10.4. The molecule has 0 saturated heterocycles. The highest BCUT2D eigenvalue weighted by atomic mass is 32.2. The summed E-state index contributed by atoms with van der Waals surface area (Å²) in [6.07, 6.45) is 1.42. The summed E-state index contributed by atoms with van der Waals surface area (Å²) in [4.78, 5) is 39.0. The molecule has 1 aromatic rings. The first-order chi connectivity index (χ1) is 15.1. The van der Waals surface area contributed by atoms with Crippen LogP contribution in [0.1, 0.15) is 41.0 Å². The van der Waals surface area contributed by atoms with Crippen molar-refractivity contribution in [2.24, 2.45) is 17.3 Å². The number of carbonyl (C=O) groups excluding carboxylic acids is 3. The fourth-order valence-electron chi connectivity index (χ4n) is 3.24. The van der Waals surface area contributed by atoms with Crippen LogP contribution in [0.25, 0.3) is 0 Å². The van der Waals surface area contributed by atoms with Crippen LogP contribution in [0.15, 0.2) is 34.1 Å². The van der Waals surface area contributed by atoms with Crippen molar-refractivity contribution in [3.05, 3.63) is 24.3 Å². The molecule has 0 aliphatic carbocycles. The quantitative estimate of drug-likeness (QED) is 0.218. The Hall–Kier alpha value is -2.11. The maximum absolute atomic E-state index is 13.3. The van der Waals surface area contributed by atoms with Crippen LogP contribution in [0.3, 0.4) is 0 Å². The van der Waals surface area contributed by atoms with Crippen LogP contribution in [0.4, 0.5) is 0 Å². The molecule has 0 aliphatic rings. The molecule has 0 aliphatic heterocycles. The van der Waals surface area contributed by atoms with Crippen molar-refractivity contribution in [3.8, 4) is 0 Å². The lowest BCUT2D eigenvalue weighted by atomic mass is 9.85. The molecule has 0 bridgehead atoms. The second kappa shape index (κ2) is 11.8. The summed E-state index contributed by atoms with van der Waals surface area (Å²) >= 11 is 1.04. The average molecular weight is 502 g/mol. The maximum atomic E-state index is 13.3. The smallest absolute Gasteiger partial charge is 0.257 e. The van der Waals surface area contributed by atoms with Gasteiger partial charge >= 0.3 is 0 Å². The van der Waals surface area contributed by atoms with E-state index in [1.165, 1.54) is 19.2 Å². The normalized spacial score (nSPS) is 14.8. The van der Waals surface area contributed by atoms with E-state index in [2.05, 4.69) is 10.6 Å². The van der Waals surface area contributed by atoms with E-state index in [-0.39, 0.29) is 16.7 Å². The minimum absolute atomic E-state index is 0.0380. The van der Waals surface area contributed by atoms with Crippen molar-refractivity contribution in [1.29, 1.82) is 0 Å². The molecule has 1 aromatic carbocycles. The molecule has 3 amide bonds. The van der Waals surface area contributed by atoms with E-state index in [1.807, 2.05) is 34.6 Å². The summed E-state index contributed by atoms with van der Waals surface area (Å²) in [7, 11) is -1.90. The first kappa shape index (κ1) is 28.9. The van der Waals surface area contributed by atoms with Crippen molar-refractivity contribution in [3.63, 3.8) is 0 Å². The first-order valence-electron chi connectivity index (χ1n) is 10.5. The lowest BCUT2D eigenvalue weighted by Crippen LogP contribution is -2.56. The number of hydrogen-bond donors (Lipinski definition) is 4. The zero-order valence-corrected chi connectivity index (χ0v) is 21.8. The van der Waals surface area contributed by atoms with Gasteiger partial charge in [0.25, 0.3) is 5.91 Å². The fraction of sp³-hybridized carbons (Fsp3) is 0.591. The fourth-order valence-corrected chi connectivity index (χ4v) is 5.01. The summed E-state index contributed by atoms with van der Waals surface area (Å²) in [5, 5.41) is 13.7. The van der Waals surface area contributed by atoms with Gasteiger partial charge < -0.3 is 10.6 Å². The van der Waals surface area contributed by atoms with Gasteiger partial charge in [-0.05, 0) is 42.0 Å². The Morgan fingerprint density at radius 3 is 1.97 bits per heavy atom.